The number of nitrogens with zero attached hydrogens (tertiary/aromatic N) is 1. The van der Waals surface area contributed by atoms with Crippen molar-refractivity contribution < 1.29 is 4.21 Å². The van der Waals surface area contributed by atoms with Gasteiger partial charge in [0, 0.05) is 48.0 Å². The van der Waals surface area contributed by atoms with Crippen molar-refractivity contribution >= 4 is 10.8 Å². The van der Waals surface area contributed by atoms with Crippen LogP contribution >= 0.6 is 0 Å². The summed E-state index contributed by atoms with van der Waals surface area (Å²) in [7, 11) is -0.596. The largest absolute Gasteiger partial charge is 0.326 e. The summed E-state index contributed by atoms with van der Waals surface area (Å²) in [5, 5.41) is 0. The highest BCUT2D eigenvalue weighted by Gasteiger charge is 2.17. The van der Waals surface area contributed by atoms with E-state index in [4.69, 9.17) is 5.73 Å². The molecule has 2 N–H and O–H groups in total. The molecule has 0 spiro atoms. The summed E-state index contributed by atoms with van der Waals surface area (Å²) in [5.41, 5.74) is 7.45. The zero-order valence-electron chi connectivity index (χ0n) is 10.0. The SMILES string of the molecule is NC(Cc1ccccc1)CN1CCS(=O)CC1. The van der Waals surface area contributed by atoms with Gasteiger partial charge in [-0.1, -0.05) is 30.3 Å². The number of rotatable bonds is 4. The van der Waals surface area contributed by atoms with Crippen LogP contribution in [0.4, 0.5) is 0 Å². The van der Waals surface area contributed by atoms with Crippen LogP contribution in [0.25, 0.3) is 0 Å². The second-order valence-corrected chi connectivity index (χ2v) is 6.29. The van der Waals surface area contributed by atoms with Gasteiger partial charge in [0.1, 0.15) is 0 Å². The molecule has 1 fully saturated rings. The summed E-state index contributed by atoms with van der Waals surface area (Å²) in [4.78, 5) is 2.33. The molecule has 1 atom stereocenters. The van der Waals surface area contributed by atoms with E-state index in [1.807, 2.05) is 18.2 Å². The van der Waals surface area contributed by atoms with Crippen LogP contribution in [-0.4, -0.2) is 46.3 Å². The van der Waals surface area contributed by atoms with Crippen LogP contribution in [0.3, 0.4) is 0 Å². The molecule has 3 nitrogen and oxygen atoms in total. The molecule has 0 aliphatic carbocycles. The Labute approximate surface area is 105 Å². The number of hydrogen-bond acceptors (Lipinski definition) is 3. The van der Waals surface area contributed by atoms with Crippen LogP contribution in [0, 0.1) is 0 Å². The summed E-state index contributed by atoms with van der Waals surface area (Å²) in [6.07, 6.45) is 0.917. The van der Waals surface area contributed by atoms with Crippen LogP contribution < -0.4 is 5.73 Å². The van der Waals surface area contributed by atoms with E-state index in [0.29, 0.717) is 0 Å². The average molecular weight is 252 g/mol. The molecule has 94 valence electrons. The van der Waals surface area contributed by atoms with Crippen molar-refractivity contribution in [3.05, 3.63) is 35.9 Å². The van der Waals surface area contributed by atoms with E-state index in [1.165, 1.54) is 5.56 Å². The Morgan fingerprint density at radius 3 is 2.53 bits per heavy atom. The van der Waals surface area contributed by atoms with Crippen molar-refractivity contribution in [1.82, 2.24) is 4.90 Å². The Kier molecular flexibility index (Phi) is 4.71. The van der Waals surface area contributed by atoms with Crippen molar-refractivity contribution in [1.29, 1.82) is 0 Å². The lowest BCUT2D eigenvalue weighted by molar-refractivity contribution is 0.279. The van der Waals surface area contributed by atoms with E-state index in [-0.39, 0.29) is 6.04 Å². The normalized spacial score (nSPS) is 20.3. The van der Waals surface area contributed by atoms with Gasteiger partial charge >= 0.3 is 0 Å². The fraction of sp³-hybridized carbons (Fsp3) is 0.538. The molecule has 1 aromatic carbocycles. The Morgan fingerprint density at radius 1 is 1.24 bits per heavy atom. The summed E-state index contributed by atoms with van der Waals surface area (Å²) >= 11 is 0. The number of benzene rings is 1. The lowest BCUT2D eigenvalue weighted by atomic mass is 10.1. The molecule has 1 unspecified atom stereocenters. The lowest BCUT2D eigenvalue weighted by Gasteiger charge is -2.28. The summed E-state index contributed by atoms with van der Waals surface area (Å²) in [6.45, 7) is 2.76. The maximum Gasteiger partial charge on any atom is 0.0363 e. The second-order valence-electron chi connectivity index (χ2n) is 4.60. The van der Waals surface area contributed by atoms with E-state index in [9.17, 15) is 4.21 Å². The lowest BCUT2D eigenvalue weighted by Crippen LogP contribution is -2.45. The van der Waals surface area contributed by atoms with Gasteiger partial charge in [0.05, 0.1) is 0 Å². The van der Waals surface area contributed by atoms with Gasteiger partial charge < -0.3 is 5.73 Å². The van der Waals surface area contributed by atoms with Gasteiger partial charge in [-0.2, -0.15) is 0 Å². The molecule has 17 heavy (non-hydrogen) atoms. The smallest absolute Gasteiger partial charge is 0.0363 e. The summed E-state index contributed by atoms with van der Waals surface area (Å²) in [5.74, 6) is 1.61. The average Bonchev–Trinajstić information content (AvgIpc) is 2.33. The first-order valence-electron chi connectivity index (χ1n) is 6.11. The minimum atomic E-state index is -0.596. The Bertz CT molecular complexity index is 359. The Morgan fingerprint density at radius 2 is 1.88 bits per heavy atom. The predicted octanol–water partition coefficient (Wildman–Crippen LogP) is 0.621. The molecule has 1 aromatic rings. The number of nitrogens with two attached hydrogens (primary N) is 1. The van der Waals surface area contributed by atoms with E-state index in [0.717, 1.165) is 37.6 Å². The molecule has 0 aromatic heterocycles. The van der Waals surface area contributed by atoms with Crippen molar-refractivity contribution in [2.75, 3.05) is 31.1 Å². The molecule has 1 aliphatic heterocycles. The number of hydrogen-bond donors (Lipinski definition) is 1. The predicted molar refractivity (Wildman–Crippen MR) is 72.4 cm³/mol. The summed E-state index contributed by atoms with van der Waals surface area (Å²) < 4.78 is 11.2. The van der Waals surface area contributed by atoms with Gasteiger partial charge in [-0.15, -0.1) is 0 Å². The highest BCUT2D eigenvalue weighted by Crippen LogP contribution is 2.05. The first-order valence-corrected chi connectivity index (χ1v) is 7.59. The molecule has 2 rings (SSSR count). The molecule has 0 saturated carbocycles. The molecule has 1 aliphatic rings. The van der Waals surface area contributed by atoms with Gasteiger partial charge in [-0.3, -0.25) is 9.11 Å². The van der Waals surface area contributed by atoms with Gasteiger partial charge in [0.15, 0.2) is 0 Å². The standard InChI is InChI=1S/C13H20N2OS/c14-13(10-12-4-2-1-3-5-12)11-15-6-8-17(16)9-7-15/h1-5,13H,6-11,14H2. The third-order valence-corrected chi connectivity index (χ3v) is 4.38. The Hall–Kier alpha value is -0.710. The quantitative estimate of drug-likeness (QED) is 0.854. The van der Waals surface area contributed by atoms with Crippen LogP contribution in [0.1, 0.15) is 5.56 Å². The molecule has 1 saturated heterocycles. The van der Waals surface area contributed by atoms with Gasteiger partial charge in [0.2, 0.25) is 0 Å². The molecular formula is C13H20N2OS. The third kappa shape index (κ3) is 4.22. The zero-order chi connectivity index (χ0) is 12.1. The topological polar surface area (TPSA) is 46.3 Å². The highest BCUT2D eigenvalue weighted by atomic mass is 32.2. The second kappa shape index (κ2) is 6.28. The first-order chi connectivity index (χ1) is 8.24. The maximum atomic E-state index is 11.2. The maximum absolute atomic E-state index is 11.2. The zero-order valence-corrected chi connectivity index (χ0v) is 10.9. The van der Waals surface area contributed by atoms with Crippen molar-refractivity contribution in [3.63, 3.8) is 0 Å². The monoisotopic (exact) mass is 252 g/mol. The summed E-state index contributed by atoms with van der Waals surface area (Å²) in [6, 6.07) is 10.5. The van der Waals surface area contributed by atoms with E-state index < -0.39 is 10.8 Å². The molecule has 4 heteroatoms. The van der Waals surface area contributed by atoms with Gasteiger partial charge in [-0.25, -0.2) is 0 Å². The highest BCUT2D eigenvalue weighted by molar-refractivity contribution is 7.85. The minimum absolute atomic E-state index is 0.170. The van der Waals surface area contributed by atoms with Gasteiger partial charge in [-0.05, 0) is 12.0 Å². The van der Waals surface area contributed by atoms with Crippen LogP contribution in [0.5, 0.6) is 0 Å². The fourth-order valence-electron chi connectivity index (χ4n) is 2.17. The first kappa shape index (κ1) is 12.7. The molecule has 0 bridgehead atoms. The van der Waals surface area contributed by atoms with Crippen LogP contribution in [-0.2, 0) is 17.2 Å². The van der Waals surface area contributed by atoms with Crippen molar-refractivity contribution in [2.45, 2.75) is 12.5 Å². The minimum Gasteiger partial charge on any atom is -0.326 e. The van der Waals surface area contributed by atoms with Gasteiger partial charge in [0.25, 0.3) is 0 Å². The molecule has 0 amide bonds. The molecule has 0 radical (unpaired) electrons. The third-order valence-electron chi connectivity index (χ3n) is 3.10. The molecule has 1 heterocycles. The van der Waals surface area contributed by atoms with Crippen LogP contribution in [0.15, 0.2) is 30.3 Å². The Balaban J connectivity index is 1.77. The van der Waals surface area contributed by atoms with E-state index in [2.05, 4.69) is 17.0 Å². The fourth-order valence-corrected chi connectivity index (χ4v) is 3.30. The van der Waals surface area contributed by atoms with E-state index in [1.54, 1.807) is 0 Å². The van der Waals surface area contributed by atoms with E-state index >= 15 is 0 Å². The van der Waals surface area contributed by atoms with Crippen molar-refractivity contribution in [3.8, 4) is 0 Å². The van der Waals surface area contributed by atoms with Crippen molar-refractivity contribution in [2.24, 2.45) is 5.73 Å². The molecular weight excluding hydrogens is 232 g/mol. The van der Waals surface area contributed by atoms with Crippen LogP contribution in [0.2, 0.25) is 0 Å².